The molecule has 10 heteroatoms. The van der Waals surface area contributed by atoms with Crippen molar-refractivity contribution in [3.8, 4) is 10.4 Å². The predicted molar refractivity (Wildman–Crippen MR) is 169 cm³/mol. The molecule has 9 nitrogen and oxygen atoms in total. The maximum atomic E-state index is 12.0. The van der Waals surface area contributed by atoms with E-state index in [0.29, 0.717) is 54.3 Å². The molecule has 0 saturated carbocycles. The first-order valence-electron chi connectivity index (χ1n) is 13.6. The lowest BCUT2D eigenvalue weighted by molar-refractivity contribution is 0.0591. The van der Waals surface area contributed by atoms with Gasteiger partial charge in [-0.1, -0.05) is 42.0 Å². The number of carbonyl (C=O) groups excluding carboxylic acids is 2. The molecule has 0 saturated heterocycles. The number of rotatable bonds is 13. The fourth-order valence-electron chi connectivity index (χ4n) is 4.24. The third-order valence-electron chi connectivity index (χ3n) is 6.48. The summed E-state index contributed by atoms with van der Waals surface area (Å²) in [6.07, 6.45) is 11.6. The van der Waals surface area contributed by atoms with E-state index >= 15 is 0 Å². The first kappa shape index (κ1) is 31.1. The van der Waals surface area contributed by atoms with Crippen LogP contribution in [0.4, 0.5) is 0 Å². The molecule has 0 aliphatic heterocycles. The van der Waals surface area contributed by atoms with E-state index < -0.39 is 11.9 Å². The molecule has 4 aromatic rings. The molecule has 43 heavy (non-hydrogen) atoms. The molecular formula is C33H33N5O4S. The second kappa shape index (κ2) is 15.4. The fourth-order valence-corrected chi connectivity index (χ4v) is 5.15. The number of hydrogen-bond acceptors (Lipinski definition) is 10. The zero-order valence-corrected chi connectivity index (χ0v) is 25.2. The number of aromatic nitrogens is 3. The van der Waals surface area contributed by atoms with Crippen molar-refractivity contribution in [2.45, 2.75) is 26.4 Å². The van der Waals surface area contributed by atoms with E-state index in [1.54, 1.807) is 48.0 Å². The second-order valence-corrected chi connectivity index (χ2v) is 10.6. The highest BCUT2D eigenvalue weighted by Crippen LogP contribution is 2.30. The summed E-state index contributed by atoms with van der Waals surface area (Å²) in [5.41, 5.74) is 5.31. The van der Waals surface area contributed by atoms with Crippen molar-refractivity contribution in [3.63, 3.8) is 0 Å². The Morgan fingerprint density at radius 1 is 0.930 bits per heavy atom. The second-order valence-electron chi connectivity index (χ2n) is 9.59. The van der Waals surface area contributed by atoms with Crippen LogP contribution < -0.4 is 0 Å². The number of ether oxygens (including phenoxy) is 2. The normalized spacial score (nSPS) is 11.6. The van der Waals surface area contributed by atoms with E-state index in [1.165, 1.54) is 19.8 Å². The standard InChI is InChI=1S/C33H33N5O4S/c1-23-9-11-24(12-10-23)30-20-37-31(43-30)29(34-2)8-6-5-7-17-38(21-27-18-25(13-15-35-27)32(39)41-3)22-28-19-26(14-16-36-28)33(40)42-4/h5-6,8-16,18-20H,2,7,17,21-22H2,1,3-4H3/b6-5-,29-8-. The van der Waals surface area contributed by atoms with Gasteiger partial charge >= 0.3 is 11.9 Å². The number of thiazole rings is 1. The predicted octanol–water partition coefficient (Wildman–Crippen LogP) is 6.17. The zero-order chi connectivity index (χ0) is 30.6. The van der Waals surface area contributed by atoms with Crippen LogP contribution in [0.1, 0.15) is 49.1 Å². The molecule has 0 spiro atoms. The van der Waals surface area contributed by atoms with Crippen LogP contribution >= 0.6 is 11.3 Å². The van der Waals surface area contributed by atoms with Gasteiger partial charge in [-0.05, 0) is 56.0 Å². The minimum atomic E-state index is -0.421. The summed E-state index contributed by atoms with van der Waals surface area (Å²) in [7, 11) is 2.69. The molecule has 0 aliphatic carbocycles. The van der Waals surface area contributed by atoms with Crippen molar-refractivity contribution in [2.75, 3.05) is 20.8 Å². The monoisotopic (exact) mass is 595 g/mol. The first-order valence-corrected chi connectivity index (χ1v) is 14.4. The number of nitrogens with zero attached hydrogens (tertiary/aromatic N) is 5. The summed E-state index contributed by atoms with van der Waals surface area (Å²) in [6, 6.07) is 15.0. The number of allylic oxidation sites excluding steroid dienone is 2. The highest BCUT2D eigenvalue weighted by atomic mass is 32.1. The summed E-state index contributed by atoms with van der Waals surface area (Å²) in [5.74, 6) is -0.842. The molecule has 220 valence electrons. The van der Waals surface area contributed by atoms with Gasteiger partial charge in [0.2, 0.25) is 0 Å². The molecule has 3 heterocycles. The molecular weight excluding hydrogens is 562 g/mol. The highest BCUT2D eigenvalue weighted by molar-refractivity contribution is 7.16. The SMILES string of the molecule is C=N/C(=C\C=C/CCN(Cc1cc(C(=O)OC)ccn1)Cc1cc(C(=O)OC)ccn1)c1ncc(-c2ccc(C)cc2)s1. The quantitative estimate of drug-likeness (QED) is 0.103. The van der Waals surface area contributed by atoms with Crippen molar-refractivity contribution in [1.29, 1.82) is 0 Å². The third kappa shape index (κ3) is 8.84. The van der Waals surface area contributed by atoms with Crippen molar-refractivity contribution >= 4 is 35.7 Å². The molecule has 1 aromatic carbocycles. The van der Waals surface area contributed by atoms with Gasteiger partial charge in [0.05, 0.1) is 47.3 Å². The van der Waals surface area contributed by atoms with Crippen LogP contribution in [0.5, 0.6) is 0 Å². The van der Waals surface area contributed by atoms with Crippen LogP contribution in [0, 0.1) is 6.92 Å². The van der Waals surface area contributed by atoms with Gasteiger partial charge in [-0.2, -0.15) is 0 Å². The van der Waals surface area contributed by atoms with Crippen LogP contribution in [0.3, 0.4) is 0 Å². The summed E-state index contributed by atoms with van der Waals surface area (Å²) >= 11 is 1.57. The summed E-state index contributed by atoms with van der Waals surface area (Å²) < 4.78 is 9.71. The Morgan fingerprint density at radius 3 is 2.09 bits per heavy atom. The van der Waals surface area contributed by atoms with Crippen LogP contribution in [-0.2, 0) is 22.6 Å². The van der Waals surface area contributed by atoms with E-state index in [2.05, 4.69) is 62.8 Å². The van der Waals surface area contributed by atoms with Gasteiger partial charge in [0.15, 0.2) is 0 Å². The third-order valence-corrected chi connectivity index (χ3v) is 7.55. The van der Waals surface area contributed by atoms with Crippen LogP contribution in [0.25, 0.3) is 16.1 Å². The molecule has 0 unspecified atom stereocenters. The van der Waals surface area contributed by atoms with Gasteiger partial charge in [-0.25, -0.2) is 14.6 Å². The summed E-state index contributed by atoms with van der Waals surface area (Å²) in [5, 5.41) is 0.796. The highest BCUT2D eigenvalue weighted by Gasteiger charge is 2.14. The van der Waals surface area contributed by atoms with Gasteiger partial charge in [0.25, 0.3) is 0 Å². The molecule has 0 atom stereocenters. The zero-order valence-electron chi connectivity index (χ0n) is 24.4. The number of hydrogen-bond donors (Lipinski definition) is 0. The van der Waals surface area contributed by atoms with Crippen molar-refractivity contribution in [2.24, 2.45) is 4.99 Å². The van der Waals surface area contributed by atoms with Crippen molar-refractivity contribution in [1.82, 2.24) is 19.9 Å². The number of carbonyl (C=O) groups is 2. The Morgan fingerprint density at radius 2 is 1.53 bits per heavy atom. The molecule has 4 rings (SSSR count). The molecule has 0 fully saturated rings. The van der Waals surface area contributed by atoms with E-state index in [4.69, 9.17) is 9.47 Å². The van der Waals surface area contributed by atoms with Crippen LogP contribution in [0.2, 0.25) is 0 Å². The Balaban J connectivity index is 1.46. The van der Waals surface area contributed by atoms with Gasteiger partial charge in [0.1, 0.15) is 5.01 Å². The van der Waals surface area contributed by atoms with Crippen LogP contribution in [-0.4, -0.2) is 59.3 Å². The number of aryl methyl sites for hydroxylation is 1. The number of aliphatic imine (C=N–C) groups is 1. The topological polar surface area (TPSA) is 107 Å². The average Bonchev–Trinajstić information content (AvgIpc) is 3.52. The minimum Gasteiger partial charge on any atom is -0.465 e. The molecule has 3 aromatic heterocycles. The van der Waals surface area contributed by atoms with E-state index in [9.17, 15) is 9.59 Å². The van der Waals surface area contributed by atoms with Gasteiger partial charge in [0, 0.05) is 38.2 Å². The average molecular weight is 596 g/mol. The maximum Gasteiger partial charge on any atom is 0.337 e. The number of esters is 2. The molecule has 0 amide bonds. The lowest BCUT2D eigenvalue weighted by Gasteiger charge is -2.21. The molecule has 0 aliphatic rings. The van der Waals surface area contributed by atoms with E-state index in [1.807, 2.05) is 24.4 Å². The Bertz CT molecular complexity index is 1570. The Hall–Kier alpha value is -4.80. The fraction of sp³-hybridized carbons (Fsp3) is 0.212. The number of pyridine rings is 2. The van der Waals surface area contributed by atoms with Gasteiger partial charge in [-0.3, -0.25) is 19.9 Å². The minimum absolute atomic E-state index is 0.421. The van der Waals surface area contributed by atoms with Gasteiger partial charge < -0.3 is 9.47 Å². The maximum absolute atomic E-state index is 12.0. The number of methoxy groups -OCH3 is 2. The number of benzene rings is 1. The van der Waals surface area contributed by atoms with Crippen LogP contribution in [0.15, 0.2) is 90.3 Å². The molecule has 0 radical (unpaired) electrons. The van der Waals surface area contributed by atoms with Crippen molar-refractivity contribution < 1.29 is 19.1 Å². The van der Waals surface area contributed by atoms with Crippen molar-refractivity contribution in [3.05, 3.63) is 118 Å². The van der Waals surface area contributed by atoms with E-state index in [0.717, 1.165) is 15.4 Å². The molecule has 0 bridgehead atoms. The first-order chi connectivity index (χ1) is 20.9. The Labute approximate surface area is 255 Å². The smallest absolute Gasteiger partial charge is 0.337 e. The lowest BCUT2D eigenvalue weighted by atomic mass is 10.1. The Kier molecular flexibility index (Phi) is 11.2. The summed E-state index contributed by atoms with van der Waals surface area (Å²) in [4.78, 5) is 44.9. The lowest BCUT2D eigenvalue weighted by Crippen LogP contribution is -2.25. The van der Waals surface area contributed by atoms with E-state index in [-0.39, 0.29) is 0 Å². The molecule has 0 N–H and O–H groups in total. The van der Waals surface area contributed by atoms with Gasteiger partial charge in [-0.15, -0.1) is 11.3 Å². The largest absolute Gasteiger partial charge is 0.465 e. The summed E-state index contributed by atoms with van der Waals surface area (Å²) in [6.45, 7) is 7.37.